The lowest BCUT2D eigenvalue weighted by atomic mass is 10.1. The lowest BCUT2D eigenvalue weighted by molar-refractivity contribution is 0.586. The van der Waals surface area contributed by atoms with Crippen LogP contribution in [0.3, 0.4) is 0 Å². The van der Waals surface area contributed by atoms with Gasteiger partial charge >= 0.3 is 0 Å². The van der Waals surface area contributed by atoms with Crippen LogP contribution in [0.2, 0.25) is 0 Å². The van der Waals surface area contributed by atoms with E-state index in [1.165, 1.54) is 51.4 Å². The van der Waals surface area contributed by atoms with Crippen LogP contribution in [-0.2, 0) is 0 Å². The number of halogens is 3. The fourth-order valence-electron chi connectivity index (χ4n) is 1.23. The van der Waals surface area contributed by atoms with E-state index in [4.69, 9.17) is 34.1 Å². The first kappa shape index (κ1) is 17.7. The molecule has 0 aromatic rings. The number of unbranched alkanes of at least 4 members (excludes halogenated alkanes) is 7. The summed E-state index contributed by atoms with van der Waals surface area (Å²) in [6, 6.07) is 0. The summed E-state index contributed by atoms with van der Waals surface area (Å²) in [5, 5.41) is 0. The summed E-state index contributed by atoms with van der Waals surface area (Å²) in [5.74, 6) is 0.842. The van der Waals surface area contributed by atoms with Gasteiger partial charge in [-0.15, -0.1) is 11.6 Å². The van der Waals surface area contributed by atoms with Crippen LogP contribution in [0.4, 0.5) is 0 Å². The molecule has 0 bridgehead atoms. The molecule has 1 radical (unpaired) electrons. The number of hydrogen-bond acceptors (Lipinski definition) is 0. The van der Waals surface area contributed by atoms with Crippen LogP contribution in [0.1, 0.15) is 58.3 Å². The first-order valence-corrected chi connectivity index (χ1v) is 8.55. The molecule has 87 valence electrons. The van der Waals surface area contributed by atoms with Crippen molar-refractivity contribution in [3.05, 3.63) is 0 Å². The summed E-state index contributed by atoms with van der Waals surface area (Å²) >= 11 is 15.0. The average molecular weight is 279 g/mol. The molecule has 0 heterocycles. The summed E-state index contributed by atoms with van der Waals surface area (Å²) in [4.78, 5) is 0. The van der Waals surface area contributed by atoms with Gasteiger partial charge in [0.15, 0.2) is 0 Å². The van der Waals surface area contributed by atoms with Gasteiger partial charge in [-0.2, -0.15) is 0 Å². The molecule has 0 aliphatic carbocycles. The first-order chi connectivity index (χ1) is 6.83. The third kappa shape index (κ3) is 23.3. The smallest absolute Gasteiger partial charge is 0.127 e. The molecule has 0 fully saturated rings. The topological polar surface area (TPSA) is 0 Å². The zero-order chi connectivity index (χ0) is 11.1. The van der Waals surface area contributed by atoms with Crippen LogP contribution >= 0.6 is 41.4 Å². The Morgan fingerprint density at radius 3 is 1.50 bits per heavy atom. The van der Waals surface area contributed by atoms with Crippen molar-refractivity contribution >= 4 is 41.4 Å². The molecular weight excluding hydrogens is 257 g/mol. The minimum Gasteiger partial charge on any atom is -0.127 e. The SMILES string of the molecule is CCCCCCCCCCCl.Cl[P]Cl. The van der Waals surface area contributed by atoms with Gasteiger partial charge in [0.05, 0.1) is 0 Å². The molecule has 0 nitrogen and oxygen atoms in total. The molecule has 0 aliphatic heterocycles. The Morgan fingerprint density at radius 2 is 1.14 bits per heavy atom. The molecule has 0 aliphatic rings. The zero-order valence-corrected chi connectivity index (χ0v) is 12.1. The third-order valence-corrected chi connectivity index (χ3v) is 2.25. The molecule has 0 atom stereocenters. The Bertz CT molecular complexity index is 73.8. The van der Waals surface area contributed by atoms with Gasteiger partial charge in [0.1, 0.15) is 7.29 Å². The van der Waals surface area contributed by atoms with Crippen LogP contribution < -0.4 is 0 Å². The van der Waals surface area contributed by atoms with Crippen molar-refractivity contribution in [2.75, 3.05) is 5.88 Å². The second-order valence-electron chi connectivity index (χ2n) is 3.23. The van der Waals surface area contributed by atoms with E-state index >= 15 is 0 Å². The summed E-state index contributed by atoms with van der Waals surface area (Å²) in [6.07, 6.45) is 10.9. The Morgan fingerprint density at radius 1 is 0.786 bits per heavy atom. The molecule has 0 saturated carbocycles. The number of rotatable bonds is 8. The van der Waals surface area contributed by atoms with Gasteiger partial charge in [0, 0.05) is 5.88 Å². The van der Waals surface area contributed by atoms with Crippen LogP contribution in [0.25, 0.3) is 0 Å². The molecular formula is C10H21Cl3P. The molecule has 4 heteroatoms. The molecule has 0 amide bonds. The highest BCUT2D eigenvalue weighted by Crippen LogP contribution is 2.19. The second kappa shape index (κ2) is 19.8. The highest BCUT2D eigenvalue weighted by Gasteiger charge is 1.89. The van der Waals surface area contributed by atoms with E-state index < -0.39 is 0 Å². The largest absolute Gasteiger partial charge is 0.141 e. The molecule has 14 heavy (non-hydrogen) atoms. The Labute approximate surface area is 105 Å². The minimum atomic E-state index is 0.361. The van der Waals surface area contributed by atoms with Crippen LogP contribution in [0, 0.1) is 0 Å². The fourth-order valence-corrected chi connectivity index (χ4v) is 1.42. The molecule has 0 rings (SSSR count). The summed E-state index contributed by atoms with van der Waals surface area (Å²) in [5.41, 5.74) is 0. The molecule has 0 spiro atoms. The maximum Gasteiger partial charge on any atom is 0.141 e. The molecule has 0 unspecified atom stereocenters. The molecule has 0 aromatic carbocycles. The van der Waals surface area contributed by atoms with Gasteiger partial charge < -0.3 is 0 Å². The van der Waals surface area contributed by atoms with E-state index in [2.05, 4.69) is 6.92 Å². The normalized spacial score (nSPS) is 9.43. The van der Waals surface area contributed by atoms with Crippen LogP contribution in [-0.4, -0.2) is 5.88 Å². The van der Waals surface area contributed by atoms with Crippen molar-refractivity contribution in [2.24, 2.45) is 0 Å². The van der Waals surface area contributed by atoms with Gasteiger partial charge in [-0.25, -0.2) is 0 Å². The predicted molar refractivity (Wildman–Crippen MR) is 72.0 cm³/mol. The van der Waals surface area contributed by atoms with E-state index in [0.29, 0.717) is 7.29 Å². The van der Waals surface area contributed by atoms with Crippen LogP contribution in [0.15, 0.2) is 0 Å². The van der Waals surface area contributed by atoms with Crippen LogP contribution in [0.5, 0.6) is 0 Å². The van der Waals surface area contributed by atoms with E-state index in [-0.39, 0.29) is 0 Å². The molecule has 0 N–H and O–H groups in total. The van der Waals surface area contributed by atoms with Crippen molar-refractivity contribution in [3.8, 4) is 0 Å². The van der Waals surface area contributed by atoms with Crippen molar-refractivity contribution in [1.82, 2.24) is 0 Å². The van der Waals surface area contributed by atoms with E-state index in [0.717, 1.165) is 5.88 Å². The second-order valence-corrected chi connectivity index (χ2v) is 5.27. The van der Waals surface area contributed by atoms with Crippen molar-refractivity contribution in [3.63, 3.8) is 0 Å². The maximum atomic E-state index is 5.56. The lowest BCUT2D eigenvalue weighted by Crippen LogP contribution is -1.80. The van der Waals surface area contributed by atoms with Gasteiger partial charge in [-0.05, 0) is 6.42 Å². The minimum absolute atomic E-state index is 0.361. The monoisotopic (exact) mass is 277 g/mol. The van der Waals surface area contributed by atoms with Gasteiger partial charge in [0.2, 0.25) is 0 Å². The zero-order valence-electron chi connectivity index (χ0n) is 8.95. The fraction of sp³-hybridized carbons (Fsp3) is 1.00. The lowest BCUT2D eigenvalue weighted by Gasteiger charge is -1.98. The van der Waals surface area contributed by atoms with Crippen molar-refractivity contribution < 1.29 is 0 Å². The van der Waals surface area contributed by atoms with E-state index in [9.17, 15) is 0 Å². The Hall–Kier alpha value is 1.30. The number of hydrogen-bond donors (Lipinski definition) is 0. The summed E-state index contributed by atoms with van der Waals surface area (Å²) in [7, 11) is 0.361. The van der Waals surface area contributed by atoms with E-state index in [1.54, 1.807) is 0 Å². The summed E-state index contributed by atoms with van der Waals surface area (Å²) in [6.45, 7) is 2.26. The Balaban J connectivity index is 0. The standard InChI is InChI=1S/C10H21Cl.Cl2P/c1-2-3-4-5-6-7-8-9-10-11;1-3-2/h2-10H2,1H3;. The summed E-state index contributed by atoms with van der Waals surface area (Å²) < 4.78 is 0. The van der Waals surface area contributed by atoms with Gasteiger partial charge in [-0.3, -0.25) is 0 Å². The maximum absolute atomic E-state index is 5.56. The Kier molecular flexibility index (Phi) is 25.0. The highest BCUT2D eigenvalue weighted by molar-refractivity contribution is 7.90. The number of alkyl halides is 1. The first-order valence-electron chi connectivity index (χ1n) is 5.31. The predicted octanol–water partition coefficient (Wildman–Crippen LogP) is 6.61. The quantitative estimate of drug-likeness (QED) is 0.266. The highest BCUT2D eigenvalue weighted by atomic mass is 35.9. The van der Waals surface area contributed by atoms with E-state index in [1.807, 2.05) is 0 Å². The average Bonchev–Trinajstić information content (AvgIpc) is 2.18. The molecule has 0 saturated heterocycles. The van der Waals surface area contributed by atoms with Crippen molar-refractivity contribution in [2.45, 2.75) is 58.3 Å². The van der Waals surface area contributed by atoms with Crippen molar-refractivity contribution in [1.29, 1.82) is 0 Å². The molecule has 0 aromatic heterocycles. The third-order valence-electron chi connectivity index (χ3n) is 1.99. The van der Waals surface area contributed by atoms with Gasteiger partial charge in [-0.1, -0.05) is 74.4 Å². The van der Waals surface area contributed by atoms with Gasteiger partial charge in [0.25, 0.3) is 0 Å².